The Hall–Kier alpha value is -1.76. The number of nitrogens with zero attached hydrogens (tertiary/aromatic N) is 3. The van der Waals surface area contributed by atoms with Gasteiger partial charge >= 0.3 is 0 Å². The molecule has 6 heteroatoms. The van der Waals surface area contributed by atoms with Crippen molar-refractivity contribution < 1.29 is 9.47 Å². The highest BCUT2D eigenvalue weighted by Crippen LogP contribution is 2.34. The average molecular weight is 356 g/mol. The molecule has 1 N–H and O–H groups in total. The van der Waals surface area contributed by atoms with Crippen LogP contribution in [0.1, 0.15) is 37.1 Å². The lowest BCUT2D eigenvalue weighted by Crippen LogP contribution is -2.49. The second-order valence-electron chi connectivity index (χ2n) is 7.39. The maximum Gasteiger partial charge on any atom is 0.146 e. The number of rotatable bonds is 6. The number of benzene rings is 1. The Morgan fingerprint density at radius 1 is 1.15 bits per heavy atom. The third kappa shape index (κ3) is 4.31. The van der Waals surface area contributed by atoms with Crippen LogP contribution in [0.2, 0.25) is 0 Å². The minimum absolute atomic E-state index is 0.0230. The summed E-state index contributed by atoms with van der Waals surface area (Å²) >= 11 is 0. The van der Waals surface area contributed by atoms with Crippen LogP contribution in [-0.2, 0) is 29.0 Å². The first-order valence-electron chi connectivity index (χ1n) is 9.69. The predicted octanol–water partition coefficient (Wildman–Crippen LogP) is 2.34. The van der Waals surface area contributed by atoms with Crippen LogP contribution in [0.5, 0.6) is 0 Å². The molecule has 2 saturated heterocycles. The Kier molecular flexibility index (Phi) is 5.62. The van der Waals surface area contributed by atoms with E-state index in [4.69, 9.17) is 9.47 Å². The van der Waals surface area contributed by atoms with Crippen molar-refractivity contribution in [2.45, 2.75) is 56.8 Å². The smallest absolute Gasteiger partial charge is 0.146 e. The Morgan fingerprint density at radius 2 is 2.00 bits per heavy atom. The molecule has 0 saturated carbocycles. The first kappa shape index (κ1) is 17.6. The van der Waals surface area contributed by atoms with Crippen molar-refractivity contribution in [3.63, 3.8) is 0 Å². The largest absolute Gasteiger partial charge is 0.381 e. The van der Waals surface area contributed by atoms with Crippen molar-refractivity contribution in [2.24, 2.45) is 0 Å². The number of hydrogen-bond donors (Lipinski definition) is 1. The summed E-state index contributed by atoms with van der Waals surface area (Å²) in [4.78, 5) is 0. The molecular formula is C20H28N4O2. The highest BCUT2D eigenvalue weighted by atomic mass is 16.5. The molecule has 3 heterocycles. The molecule has 140 valence electrons. The molecule has 2 fully saturated rings. The van der Waals surface area contributed by atoms with Crippen LogP contribution >= 0.6 is 0 Å². The van der Waals surface area contributed by atoms with Gasteiger partial charge in [0.05, 0.1) is 12.1 Å². The summed E-state index contributed by atoms with van der Waals surface area (Å²) in [5, 5.41) is 12.1. The van der Waals surface area contributed by atoms with E-state index >= 15 is 0 Å². The van der Waals surface area contributed by atoms with Gasteiger partial charge < -0.3 is 19.4 Å². The zero-order valence-corrected chi connectivity index (χ0v) is 15.3. The van der Waals surface area contributed by atoms with Gasteiger partial charge in [0.15, 0.2) is 0 Å². The summed E-state index contributed by atoms with van der Waals surface area (Å²) < 4.78 is 13.8. The fourth-order valence-corrected chi connectivity index (χ4v) is 4.03. The van der Waals surface area contributed by atoms with Gasteiger partial charge in [-0.25, -0.2) is 0 Å². The highest BCUT2D eigenvalue weighted by Gasteiger charge is 2.38. The molecule has 1 atom stereocenters. The maximum absolute atomic E-state index is 6.13. The van der Waals surface area contributed by atoms with Gasteiger partial charge in [0, 0.05) is 32.4 Å². The molecule has 2 aliphatic heterocycles. The minimum atomic E-state index is 0.0230. The van der Waals surface area contributed by atoms with Crippen LogP contribution in [0.3, 0.4) is 0 Å². The Labute approximate surface area is 154 Å². The molecule has 1 aromatic heterocycles. The molecule has 0 radical (unpaired) electrons. The Balaban J connectivity index is 1.30. The van der Waals surface area contributed by atoms with Crippen LogP contribution < -0.4 is 5.32 Å². The summed E-state index contributed by atoms with van der Waals surface area (Å²) in [5.74, 6) is 1.01. The van der Waals surface area contributed by atoms with Gasteiger partial charge in [-0.05, 0) is 37.7 Å². The molecule has 26 heavy (non-hydrogen) atoms. The summed E-state index contributed by atoms with van der Waals surface area (Å²) in [6, 6.07) is 11.0. The van der Waals surface area contributed by atoms with Crippen molar-refractivity contribution in [3.05, 3.63) is 48.0 Å². The van der Waals surface area contributed by atoms with Gasteiger partial charge in [-0.2, -0.15) is 0 Å². The lowest BCUT2D eigenvalue weighted by molar-refractivity contribution is -0.140. The number of aromatic nitrogens is 3. The van der Waals surface area contributed by atoms with Crippen molar-refractivity contribution in [3.8, 4) is 0 Å². The fraction of sp³-hybridized carbons (Fsp3) is 0.600. The first-order valence-corrected chi connectivity index (χ1v) is 9.69. The summed E-state index contributed by atoms with van der Waals surface area (Å²) in [5.41, 5.74) is 1.36. The Bertz CT molecular complexity index is 677. The normalized spacial score (nSPS) is 22.5. The lowest BCUT2D eigenvalue weighted by atomic mass is 9.84. The molecule has 0 amide bonds. The van der Waals surface area contributed by atoms with Gasteiger partial charge in [0.25, 0.3) is 0 Å². The van der Waals surface area contributed by atoms with E-state index in [-0.39, 0.29) is 5.60 Å². The molecule has 2 aromatic rings. The van der Waals surface area contributed by atoms with E-state index in [1.54, 1.807) is 0 Å². The molecule has 4 rings (SSSR count). The molecule has 1 spiro atoms. The molecule has 0 bridgehead atoms. The van der Waals surface area contributed by atoms with E-state index in [9.17, 15) is 0 Å². The van der Waals surface area contributed by atoms with E-state index in [1.165, 1.54) is 5.56 Å². The van der Waals surface area contributed by atoms with Crippen molar-refractivity contribution >= 4 is 0 Å². The van der Waals surface area contributed by atoms with Crippen LogP contribution in [0, 0.1) is 0 Å². The van der Waals surface area contributed by atoms with Gasteiger partial charge in [-0.3, -0.25) is 0 Å². The van der Waals surface area contributed by atoms with Gasteiger partial charge in [0.1, 0.15) is 12.2 Å². The number of hydrogen-bond acceptors (Lipinski definition) is 5. The standard InChI is InChI=1S/C20H28N4O2/c1-2-4-17(5-3-1)6-10-24-16-22-23-19(24)15-21-18-7-11-26-20(14-18)8-12-25-13-9-20/h1-5,16,18,21H,6-15H2/t18-/m0/s1. The van der Waals surface area contributed by atoms with Gasteiger partial charge in [-0.1, -0.05) is 30.3 Å². The summed E-state index contributed by atoms with van der Waals surface area (Å²) in [6.07, 6.45) is 6.97. The molecule has 0 aliphatic carbocycles. The predicted molar refractivity (Wildman–Crippen MR) is 98.8 cm³/mol. The maximum atomic E-state index is 6.13. The van der Waals surface area contributed by atoms with E-state index in [1.807, 2.05) is 6.33 Å². The van der Waals surface area contributed by atoms with E-state index in [0.29, 0.717) is 6.04 Å². The van der Waals surface area contributed by atoms with Crippen molar-refractivity contribution in [2.75, 3.05) is 19.8 Å². The van der Waals surface area contributed by atoms with E-state index in [0.717, 1.165) is 70.8 Å². The third-order valence-corrected chi connectivity index (χ3v) is 5.63. The van der Waals surface area contributed by atoms with E-state index in [2.05, 4.69) is 50.4 Å². The van der Waals surface area contributed by atoms with Crippen LogP contribution in [-0.4, -0.2) is 46.2 Å². The highest BCUT2D eigenvalue weighted by molar-refractivity contribution is 5.14. The van der Waals surface area contributed by atoms with E-state index < -0.39 is 0 Å². The number of nitrogens with one attached hydrogen (secondary N) is 1. The Morgan fingerprint density at radius 3 is 2.85 bits per heavy atom. The third-order valence-electron chi connectivity index (χ3n) is 5.63. The fourth-order valence-electron chi connectivity index (χ4n) is 4.03. The first-order chi connectivity index (χ1) is 12.8. The minimum Gasteiger partial charge on any atom is -0.381 e. The van der Waals surface area contributed by atoms with Gasteiger partial charge in [0.2, 0.25) is 0 Å². The molecule has 2 aliphatic rings. The number of aryl methyl sites for hydroxylation is 2. The van der Waals surface area contributed by atoms with Crippen LogP contribution in [0.4, 0.5) is 0 Å². The van der Waals surface area contributed by atoms with Crippen LogP contribution in [0.25, 0.3) is 0 Å². The molecule has 6 nitrogen and oxygen atoms in total. The van der Waals surface area contributed by atoms with Crippen LogP contribution in [0.15, 0.2) is 36.7 Å². The SMILES string of the molecule is c1ccc(CCn2cnnc2CN[C@H]2CCOC3(CCOCC3)C2)cc1. The van der Waals surface area contributed by atoms with Gasteiger partial charge in [-0.15, -0.1) is 10.2 Å². The average Bonchev–Trinajstić information content (AvgIpc) is 3.14. The molecule has 1 aromatic carbocycles. The molecular weight excluding hydrogens is 328 g/mol. The van der Waals surface area contributed by atoms with Crippen molar-refractivity contribution in [1.82, 2.24) is 20.1 Å². The number of ether oxygens (including phenoxy) is 2. The topological polar surface area (TPSA) is 61.2 Å². The second kappa shape index (κ2) is 8.29. The quantitative estimate of drug-likeness (QED) is 0.861. The van der Waals surface area contributed by atoms with Crippen molar-refractivity contribution in [1.29, 1.82) is 0 Å². The monoisotopic (exact) mass is 356 g/mol. The summed E-state index contributed by atoms with van der Waals surface area (Å²) in [6.45, 7) is 4.13. The summed E-state index contributed by atoms with van der Waals surface area (Å²) in [7, 11) is 0. The lowest BCUT2D eigenvalue weighted by Gasteiger charge is -2.43. The zero-order chi connectivity index (χ0) is 17.7. The zero-order valence-electron chi connectivity index (χ0n) is 15.3. The molecule has 0 unspecified atom stereocenters. The second-order valence-corrected chi connectivity index (χ2v) is 7.39.